The van der Waals surface area contributed by atoms with Crippen LogP contribution >= 0.6 is 0 Å². The molecule has 0 saturated heterocycles. The predicted molar refractivity (Wildman–Crippen MR) is 104 cm³/mol. The highest BCUT2D eigenvalue weighted by molar-refractivity contribution is 5.90. The summed E-state index contributed by atoms with van der Waals surface area (Å²) < 4.78 is 5.73. The molecule has 1 aromatic carbocycles. The van der Waals surface area contributed by atoms with Crippen molar-refractivity contribution in [3.63, 3.8) is 0 Å². The smallest absolute Gasteiger partial charge is 0.338 e. The van der Waals surface area contributed by atoms with Crippen LogP contribution in [0.15, 0.2) is 24.3 Å². The third kappa shape index (κ3) is 2.74. The zero-order chi connectivity index (χ0) is 21.3. The number of carbonyl (C=O) groups is 2. The minimum absolute atomic E-state index is 0.0850. The molecule has 0 heterocycles. The first-order chi connectivity index (χ1) is 13.5. The number of nitro benzene ring substituents is 1. The van der Waals surface area contributed by atoms with E-state index in [-0.39, 0.29) is 40.2 Å². The maximum absolute atomic E-state index is 12.8. The van der Waals surface area contributed by atoms with Gasteiger partial charge in [-0.05, 0) is 47.1 Å². The van der Waals surface area contributed by atoms with Crippen LogP contribution in [0.3, 0.4) is 0 Å². The summed E-state index contributed by atoms with van der Waals surface area (Å²) >= 11 is 0. The summed E-state index contributed by atoms with van der Waals surface area (Å²) in [5, 5.41) is 22.0. The number of Topliss-reactive ketones (excluding diaryl/α,β-unsaturated/α-hetero) is 1. The van der Waals surface area contributed by atoms with Crippen LogP contribution in [0.4, 0.5) is 5.69 Å². The second-order valence-electron chi connectivity index (χ2n) is 9.90. The van der Waals surface area contributed by atoms with Gasteiger partial charge >= 0.3 is 5.97 Å². The first-order valence-corrected chi connectivity index (χ1v) is 10.1. The fraction of sp³-hybridized carbons (Fsp3) is 0.636. The van der Waals surface area contributed by atoms with Crippen molar-refractivity contribution in [2.45, 2.75) is 52.7 Å². The van der Waals surface area contributed by atoms with Crippen molar-refractivity contribution in [1.29, 1.82) is 0 Å². The lowest BCUT2D eigenvalue weighted by atomic mass is 9.35. The first-order valence-electron chi connectivity index (χ1n) is 10.1. The molecule has 29 heavy (non-hydrogen) atoms. The Kier molecular flexibility index (Phi) is 4.39. The zero-order valence-electron chi connectivity index (χ0n) is 17.1. The van der Waals surface area contributed by atoms with E-state index in [1.165, 1.54) is 24.3 Å². The Morgan fingerprint density at radius 2 is 1.83 bits per heavy atom. The summed E-state index contributed by atoms with van der Waals surface area (Å²) in [6.07, 6.45) is -0.589. The van der Waals surface area contributed by atoms with Gasteiger partial charge in [-0.15, -0.1) is 0 Å². The van der Waals surface area contributed by atoms with E-state index in [0.717, 1.165) is 0 Å². The second kappa shape index (κ2) is 6.36. The molecule has 0 spiro atoms. The number of non-ortho nitro benzene ring substituents is 1. The number of aliphatic hydroxyl groups excluding tert-OH is 1. The number of carbonyl (C=O) groups excluding carboxylic acids is 2. The average molecular weight is 401 g/mol. The van der Waals surface area contributed by atoms with Crippen molar-refractivity contribution < 1.29 is 24.4 Å². The molecule has 0 aliphatic heterocycles. The van der Waals surface area contributed by atoms with Gasteiger partial charge in [0.15, 0.2) is 0 Å². The highest BCUT2D eigenvalue weighted by atomic mass is 16.6. The molecule has 1 aromatic rings. The molecular weight excluding hydrogens is 374 g/mol. The maximum Gasteiger partial charge on any atom is 0.338 e. The Bertz CT molecular complexity index is 878. The van der Waals surface area contributed by atoms with Crippen LogP contribution < -0.4 is 0 Å². The van der Waals surface area contributed by atoms with Gasteiger partial charge in [-0.1, -0.05) is 27.7 Å². The average Bonchev–Trinajstić information content (AvgIpc) is 2.74. The quantitative estimate of drug-likeness (QED) is 0.473. The Balaban J connectivity index is 1.61. The highest BCUT2D eigenvalue weighted by Crippen LogP contribution is 2.72. The maximum atomic E-state index is 12.8. The lowest BCUT2D eigenvalue weighted by molar-refractivity contribution is -0.384. The molecule has 7 atom stereocenters. The molecule has 5 aliphatic rings. The third-order valence-corrected chi connectivity index (χ3v) is 7.89. The van der Waals surface area contributed by atoms with Crippen molar-refractivity contribution in [2.24, 2.45) is 34.5 Å². The fourth-order valence-electron chi connectivity index (χ4n) is 6.67. The molecule has 7 nitrogen and oxygen atoms in total. The van der Waals surface area contributed by atoms with Crippen molar-refractivity contribution in [1.82, 2.24) is 0 Å². The minimum atomic E-state index is -0.887. The Morgan fingerprint density at radius 1 is 1.21 bits per heavy atom. The molecule has 156 valence electrons. The van der Waals surface area contributed by atoms with E-state index >= 15 is 0 Å². The SMILES string of the molecule is C[C@@H]1CC(=O)[C@@H]2[C@@H]3[C@H]1[C@@]2(C)C[C@H](OC(=O)c1ccc([N+](=O)[O-])cc1)[C@@H](O)C3(C)C. The van der Waals surface area contributed by atoms with Gasteiger partial charge in [-0.25, -0.2) is 4.79 Å². The number of esters is 1. The number of hydrogen-bond acceptors (Lipinski definition) is 6. The summed E-state index contributed by atoms with van der Waals surface area (Å²) in [5.74, 6) is 0.191. The number of rotatable bonds is 3. The van der Waals surface area contributed by atoms with E-state index in [1.807, 2.05) is 13.8 Å². The molecule has 5 saturated carbocycles. The molecule has 7 heteroatoms. The standard InChI is InChI=1S/C22H27NO6/c1-11-9-14(24)17-18-16(11)22(17,4)10-15(19(25)21(18,2)3)29-20(26)12-5-7-13(8-6-12)23(27)28/h5-8,11,15-19,25H,9-10H2,1-4H3/t11-,15+,16+,17-,18+,19-,22-/m1/s1. The normalized spacial score (nSPS) is 39.8. The summed E-state index contributed by atoms with van der Waals surface area (Å²) in [7, 11) is 0. The van der Waals surface area contributed by atoms with Crippen molar-refractivity contribution >= 4 is 17.4 Å². The number of fused-ring (bicyclic) bond motifs is 5. The first kappa shape index (κ1) is 20.0. The summed E-state index contributed by atoms with van der Waals surface area (Å²) in [4.78, 5) is 35.8. The zero-order valence-corrected chi connectivity index (χ0v) is 17.1. The molecule has 6 rings (SSSR count). The molecule has 5 aliphatic carbocycles. The van der Waals surface area contributed by atoms with Crippen LogP contribution in [0.5, 0.6) is 0 Å². The monoisotopic (exact) mass is 401 g/mol. The lowest BCUT2D eigenvalue weighted by Crippen LogP contribution is -2.67. The Labute approximate surface area is 169 Å². The van der Waals surface area contributed by atoms with Gasteiger partial charge in [-0.3, -0.25) is 14.9 Å². The van der Waals surface area contributed by atoms with Gasteiger partial charge in [0, 0.05) is 24.5 Å². The van der Waals surface area contributed by atoms with Gasteiger partial charge in [0.05, 0.1) is 16.6 Å². The molecule has 5 fully saturated rings. The fourth-order valence-corrected chi connectivity index (χ4v) is 6.67. The topological polar surface area (TPSA) is 107 Å². The van der Waals surface area contributed by atoms with E-state index in [2.05, 4.69) is 13.8 Å². The molecule has 4 bridgehead atoms. The lowest BCUT2D eigenvalue weighted by Gasteiger charge is -2.67. The van der Waals surface area contributed by atoms with Gasteiger partial charge in [0.2, 0.25) is 0 Å². The number of nitrogens with zero attached hydrogens (tertiary/aromatic N) is 1. The number of aliphatic hydroxyl groups is 1. The molecule has 0 radical (unpaired) electrons. The highest BCUT2D eigenvalue weighted by Gasteiger charge is 2.73. The number of nitro groups is 1. The summed E-state index contributed by atoms with van der Waals surface area (Å²) in [5.41, 5.74) is -0.747. The van der Waals surface area contributed by atoms with E-state index in [0.29, 0.717) is 18.8 Å². The number of ether oxygens (including phenoxy) is 1. The van der Waals surface area contributed by atoms with Crippen LogP contribution in [0, 0.1) is 44.6 Å². The van der Waals surface area contributed by atoms with Crippen LogP contribution in [-0.4, -0.2) is 34.0 Å². The third-order valence-electron chi connectivity index (χ3n) is 7.89. The minimum Gasteiger partial charge on any atom is -0.456 e. The van der Waals surface area contributed by atoms with Gasteiger partial charge in [0.25, 0.3) is 5.69 Å². The Morgan fingerprint density at radius 3 is 2.38 bits per heavy atom. The van der Waals surface area contributed by atoms with Crippen LogP contribution in [-0.2, 0) is 9.53 Å². The van der Waals surface area contributed by atoms with E-state index in [4.69, 9.17) is 4.74 Å². The number of ketones is 1. The second-order valence-corrected chi connectivity index (χ2v) is 9.90. The Hall–Kier alpha value is -2.28. The van der Waals surface area contributed by atoms with Gasteiger partial charge < -0.3 is 9.84 Å². The summed E-state index contributed by atoms with van der Waals surface area (Å²) in [6.45, 7) is 8.12. The molecule has 0 aromatic heterocycles. The van der Waals surface area contributed by atoms with Crippen LogP contribution in [0.2, 0.25) is 0 Å². The molecule has 1 N–H and O–H groups in total. The molecule has 0 unspecified atom stereocenters. The van der Waals surface area contributed by atoms with Gasteiger partial charge in [0.1, 0.15) is 11.9 Å². The van der Waals surface area contributed by atoms with E-state index in [1.54, 1.807) is 0 Å². The molecule has 0 amide bonds. The predicted octanol–water partition coefficient (Wildman–Crippen LogP) is 3.39. The van der Waals surface area contributed by atoms with Crippen LogP contribution in [0.25, 0.3) is 0 Å². The van der Waals surface area contributed by atoms with E-state index < -0.39 is 28.5 Å². The van der Waals surface area contributed by atoms with Gasteiger partial charge in [-0.2, -0.15) is 0 Å². The van der Waals surface area contributed by atoms with Crippen molar-refractivity contribution in [3.8, 4) is 0 Å². The molecular formula is C22H27NO6. The number of benzene rings is 1. The largest absolute Gasteiger partial charge is 0.456 e. The summed E-state index contributed by atoms with van der Waals surface area (Å²) in [6, 6.07) is 5.23. The van der Waals surface area contributed by atoms with Crippen molar-refractivity contribution in [3.05, 3.63) is 39.9 Å². The van der Waals surface area contributed by atoms with Crippen molar-refractivity contribution in [2.75, 3.05) is 0 Å². The van der Waals surface area contributed by atoms with Crippen LogP contribution in [0.1, 0.15) is 50.9 Å². The van der Waals surface area contributed by atoms with E-state index in [9.17, 15) is 24.8 Å². The number of hydrogen-bond donors (Lipinski definition) is 1.